The van der Waals surface area contributed by atoms with Crippen LogP contribution in [0, 0.1) is 0 Å². The van der Waals surface area contributed by atoms with E-state index in [-0.39, 0.29) is 18.0 Å². The molecule has 28 heavy (non-hydrogen) atoms. The van der Waals surface area contributed by atoms with Gasteiger partial charge in [0.25, 0.3) is 0 Å². The first-order valence-electron chi connectivity index (χ1n) is 10.1. The molecule has 148 valence electrons. The number of hydrogen-bond donors (Lipinski definition) is 0. The molecule has 0 N–H and O–H groups in total. The molecule has 1 aromatic carbocycles. The Morgan fingerprint density at radius 2 is 1.71 bits per heavy atom. The molecule has 1 saturated heterocycles. The summed E-state index contributed by atoms with van der Waals surface area (Å²) in [6.45, 7) is 1.56. The van der Waals surface area contributed by atoms with Gasteiger partial charge in [-0.15, -0.1) is 0 Å². The lowest BCUT2D eigenvalue weighted by Gasteiger charge is -2.36. The predicted octanol–water partition coefficient (Wildman–Crippen LogP) is 2.48. The maximum absolute atomic E-state index is 13.1. The Balaban J connectivity index is 1.54. The number of para-hydroxylation sites is 1. The number of amides is 5. The zero-order chi connectivity index (χ0) is 19.8. The van der Waals surface area contributed by atoms with Crippen molar-refractivity contribution >= 4 is 29.4 Å². The lowest BCUT2D eigenvalue weighted by atomic mass is 9.94. The van der Waals surface area contributed by atoms with Crippen molar-refractivity contribution in [1.82, 2.24) is 9.80 Å². The fraction of sp³-hybridized carbons (Fsp3) is 0.524. The third-order valence-electron chi connectivity index (χ3n) is 6.11. The Morgan fingerprint density at radius 3 is 2.46 bits per heavy atom. The first-order chi connectivity index (χ1) is 13.5. The lowest BCUT2D eigenvalue weighted by molar-refractivity contribution is -0.144. The second-order valence-corrected chi connectivity index (χ2v) is 7.92. The normalized spacial score (nSPS) is 23.4. The number of hydrogen-bond acceptors (Lipinski definition) is 4. The Labute approximate surface area is 164 Å². The Hall–Kier alpha value is -2.70. The summed E-state index contributed by atoms with van der Waals surface area (Å²) < 4.78 is 0. The van der Waals surface area contributed by atoms with Crippen LogP contribution in [0.2, 0.25) is 0 Å². The predicted molar refractivity (Wildman–Crippen MR) is 103 cm³/mol. The van der Waals surface area contributed by atoms with Crippen LogP contribution in [0.4, 0.5) is 10.5 Å². The lowest BCUT2D eigenvalue weighted by Crippen LogP contribution is -2.49. The first-order valence-corrected chi connectivity index (χ1v) is 10.1. The highest BCUT2D eigenvalue weighted by atomic mass is 16.2. The van der Waals surface area contributed by atoms with Gasteiger partial charge in [0, 0.05) is 17.8 Å². The molecule has 1 saturated carbocycles. The molecule has 1 aromatic rings. The second-order valence-electron chi connectivity index (χ2n) is 7.92. The molecule has 0 spiro atoms. The highest BCUT2D eigenvalue weighted by Gasteiger charge is 2.48. The molecule has 2 aliphatic heterocycles. The molecule has 0 bridgehead atoms. The van der Waals surface area contributed by atoms with E-state index in [0.717, 1.165) is 66.0 Å². The van der Waals surface area contributed by atoms with Crippen molar-refractivity contribution in [3.63, 3.8) is 0 Å². The monoisotopic (exact) mass is 383 g/mol. The highest BCUT2D eigenvalue weighted by molar-refractivity contribution is 6.45. The molecule has 7 nitrogen and oxygen atoms in total. The van der Waals surface area contributed by atoms with E-state index < -0.39 is 24.4 Å². The van der Waals surface area contributed by atoms with E-state index in [4.69, 9.17) is 0 Å². The molecule has 0 aromatic heterocycles. The van der Waals surface area contributed by atoms with Gasteiger partial charge in [-0.2, -0.15) is 0 Å². The smallest absolute Gasteiger partial charge is 0.308 e. The fourth-order valence-electron chi connectivity index (χ4n) is 4.60. The van der Waals surface area contributed by atoms with Gasteiger partial charge in [0.05, 0.1) is 0 Å². The van der Waals surface area contributed by atoms with Gasteiger partial charge in [-0.3, -0.25) is 19.3 Å². The van der Waals surface area contributed by atoms with E-state index in [1.807, 2.05) is 31.2 Å². The van der Waals surface area contributed by atoms with Gasteiger partial charge < -0.3 is 4.90 Å². The van der Waals surface area contributed by atoms with Crippen molar-refractivity contribution < 1.29 is 19.2 Å². The number of carbonyl (C=O) groups is 4. The number of imide groups is 2. The molecule has 5 amide bonds. The minimum atomic E-state index is -0.887. The first kappa shape index (κ1) is 18.7. The van der Waals surface area contributed by atoms with Gasteiger partial charge in [0.2, 0.25) is 5.91 Å². The Morgan fingerprint density at radius 1 is 1.00 bits per heavy atom. The third-order valence-corrected chi connectivity index (χ3v) is 6.11. The van der Waals surface area contributed by atoms with Gasteiger partial charge in [-0.1, -0.05) is 37.5 Å². The molecule has 0 radical (unpaired) electrons. The zero-order valence-electron chi connectivity index (χ0n) is 16.1. The standard InChI is InChI=1S/C21H25N3O4/c1-14-11-12-15-7-5-6-10-17(15)23(14)18(25)13-22-19(26)20(27)24(21(22)28)16-8-3-2-4-9-16/h5-7,10,14,16H,2-4,8-9,11-13H2,1H3. The van der Waals surface area contributed by atoms with E-state index in [0.29, 0.717) is 0 Å². The number of fused-ring (bicyclic) bond motifs is 1. The largest absolute Gasteiger partial charge is 0.334 e. The number of urea groups is 1. The van der Waals surface area contributed by atoms with E-state index in [2.05, 4.69) is 0 Å². The van der Waals surface area contributed by atoms with Crippen LogP contribution in [0.15, 0.2) is 24.3 Å². The van der Waals surface area contributed by atoms with Crippen LogP contribution in [0.1, 0.15) is 51.0 Å². The van der Waals surface area contributed by atoms with Crippen LogP contribution in [-0.2, 0) is 20.8 Å². The topological polar surface area (TPSA) is 78.0 Å². The summed E-state index contributed by atoms with van der Waals surface area (Å²) >= 11 is 0. The number of rotatable bonds is 3. The highest BCUT2D eigenvalue weighted by Crippen LogP contribution is 2.31. The fourth-order valence-corrected chi connectivity index (χ4v) is 4.60. The molecule has 7 heteroatoms. The van der Waals surface area contributed by atoms with E-state index in [1.165, 1.54) is 0 Å². The molecule has 1 aliphatic carbocycles. The van der Waals surface area contributed by atoms with Crippen LogP contribution in [0.25, 0.3) is 0 Å². The number of carbonyl (C=O) groups excluding carboxylic acids is 4. The quantitative estimate of drug-likeness (QED) is 0.593. The summed E-state index contributed by atoms with van der Waals surface area (Å²) in [7, 11) is 0. The average Bonchev–Trinajstić information content (AvgIpc) is 2.91. The second kappa shape index (κ2) is 7.37. The van der Waals surface area contributed by atoms with E-state index >= 15 is 0 Å². The van der Waals surface area contributed by atoms with E-state index in [9.17, 15) is 19.2 Å². The van der Waals surface area contributed by atoms with Crippen LogP contribution in [-0.4, -0.2) is 52.2 Å². The summed E-state index contributed by atoms with van der Waals surface area (Å²) in [4.78, 5) is 54.3. The summed E-state index contributed by atoms with van der Waals surface area (Å²) in [5.41, 5.74) is 1.90. The van der Waals surface area contributed by atoms with Crippen molar-refractivity contribution in [1.29, 1.82) is 0 Å². The summed E-state index contributed by atoms with van der Waals surface area (Å²) in [5.74, 6) is -2.02. The van der Waals surface area contributed by atoms with Gasteiger partial charge >= 0.3 is 17.8 Å². The van der Waals surface area contributed by atoms with E-state index in [1.54, 1.807) is 4.90 Å². The van der Waals surface area contributed by atoms with Crippen molar-refractivity contribution in [2.75, 3.05) is 11.4 Å². The van der Waals surface area contributed by atoms with Gasteiger partial charge in [-0.25, -0.2) is 9.69 Å². The average molecular weight is 383 g/mol. The third kappa shape index (κ3) is 3.08. The number of aryl methyl sites for hydroxylation is 1. The number of anilines is 1. The van der Waals surface area contributed by atoms with Crippen LogP contribution in [0.5, 0.6) is 0 Å². The Kier molecular flexibility index (Phi) is 4.91. The summed E-state index contributed by atoms with van der Waals surface area (Å²) in [5, 5.41) is 0. The molecule has 2 fully saturated rings. The molecule has 4 rings (SSSR count). The molecule has 1 unspecified atom stereocenters. The minimum Gasteiger partial charge on any atom is -0.308 e. The Bertz CT molecular complexity index is 831. The SMILES string of the molecule is CC1CCc2ccccc2N1C(=O)CN1C(=O)C(=O)N(C2CCCCC2)C1=O. The number of benzene rings is 1. The van der Waals surface area contributed by atoms with Crippen LogP contribution < -0.4 is 4.90 Å². The van der Waals surface area contributed by atoms with Crippen molar-refractivity contribution in [2.24, 2.45) is 0 Å². The van der Waals surface area contributed by atoms with Gasteiger partial charge in [0.1, 0.15) is 6.54 Å². The summed E-state index contributed by atoms with van der Waals surface area (Å²) in [6.07, 6.45) is 6.11. The van der Waals surface area contributed by atoms with Gasteiger partial charge in [-0.05, 0) is 44.2 Å². The van der Waals surface area contributed by atoms with Gasteiger partial charge in [0.15, 0.2) is 0 Å². The molecule has 3 aliphatic rings. The zero-order valence-corrected chi connectivity index (χ0v) is 16.1. The van der Waals surface area contributed by atoms with Crippen molar-refractivity contribution in [3.8, 4) is 0 Å². The minimum absolute atomic E-state index is 0.0274. The molecule has 2 heterocycles. The van der Waals surface area contributed by atoms with Crippen LogP contribution in [0.3, 0.4) is 0 Å². The van der Waals surface area contributed by atoms with Crippen LogP contribution >= 0.6 is 0 Å². The molecule has 1 atom stereocenters. The number of nitrogens with zero attached hydrogens (tertiary/aromatic N) is 3. The molecular weight excluding hydrogens is 358 g/mol. The summed E-state index contributed by atoms with van der Waals surface area (Å²) in [6, 6.07) is 6.78. The maximum Gasteiger partial charge on any atom is 0.334 e. The molecular formula is C21H25N3O4. The van der Waals surface area contributed by atoms with Crippen molar-refractivity contribution in [2.45, 2.75) is 64.0 Å². The van der Waals surface area contributed by atoms with Crippen molar-refractivity contribution in [3.05, 3.63) is 29.8 Å². The maximum atomic E-state index is 13.1.